The first-order valence-corrected chi connectivity index (χ1v) is 7.64. The van der Waals surface area contributed by atoms with Crippen LogP contribution in [0.25, 0.3) is 0 Å². The van der Waals surface area contributed by atoms with Crippen molar-refractivity contribution < 1.29 is 0 Å². The standard InChI is InChI=1S/C15H17ClN2S/c1-10(2)15-17-13(16)8-14(18-15)19-9-12-6-4-5-11(3)7-12/h4-8,10H,9H2,1-3H3. The summed E-state index contributed by atoms with van der Waals surface area (Å²) in [6.45, 7) is 6.24. The maximum absolute atomic E-state index is 6.04. The van der Waals surface area contributed by atoms with Gasteiger partial charge < -0.3 is 0 Å². The number of nitrogens with zero attached hydrogens (tertiary/aromatic N) is 2. The van der Waals surface area contributed by atoms with Crippen LogP contribution < -0.4 is 0 Å². The van der Waals surface area contributed by atoms with Gasteiger partial charge in [0.05, 0.1) is 0 Å². The number of hydrogen-bond acceptors (Lipinski definition) is 3. The van der Waals surface area contributed by atoms with E-state index in [-0.39, 0.29) is 5.92 Å². The molecule has 0 aliphatic carbocycles. The Hall–Kier alpha value is -1.06. The molecule has 2 nitrogen and oxygen atoms in total. The lowest BCUT2D eigenvalue weighted by Gasteiger charge is -2.07. The molecule has 1 heterocycles. The minimum Gasteiger partial charge on any atom is -0.226 e. The maximum atomic E-state index is 6.04. The topological polar surface area (TPSA) is 25.8 Å². The lowest BCUT2D eigenvalue weighted by Crippen LogP contribution is -1.98. The largest absolute Gasteiger partial charge is 0.226 e. The fourth-order valence-corrected chi connectivity index (χ4v) is 2.81. The van der Waals surface area contributed by atoms with Crippen molar-refractivity contribution >= 4 is 23.4 Å². The van der Waals surface area contributed by atoms with Crippen molar-refractivity contribution in [2.24, 2.45) is 0 Å². The summed E-state index contributed by atoms with van der Waals surface area (Å²) in [5.74, 6) is 1.99. The Bertz CT molecular complexity index is 570. The Balaban J connectivity index is 2.11. The molecule has 0 bridgehead atoms. The van der Waals surface area contributed by atoms with Gasteiger partial charge in [-0.3, -0.25) is 0 Å². The molecule has 0 amide bonds. The van der Waals surface area contributed by atoms with E-state index in [1.807, 2.05) is 6.07 Å². The first-order chi connectivity index (χ1) is 9.04. The average molecular weight is 293 g/mol. The minimum absolute atomic E-state index is 0.289. The molecule has 2 aromatic rings. The van der Waals surface area contributed by atoms with E-state index >= 15 is 0 Å². The molecule has 0 saturated carbocycles. The van der Waals surface area contributed by atoms with Crippen molar-refractivity contribution in [1.82, 2.24) is 9.97 Å². The summed E-state index contributed by atoms with van der Waals surface area (Å²) in [5, 5.41) is 1.45. The van der Waals surface area contributed by atoms with Crippen LogP contribution in [-0.4, -0.2) is 9.97 Å². The van der Waals surface area contributed by atoms with E-state index in [4.69, 9.17) is 11.6 Å². The number of aryl methyl sites for hydroxylation is 1. The van der Waals surface area contributed by atoms with Crippen LogP contribution in [0.3, 0.4) is 0 Å². The zero-order valence-electron chi connectivity index (χ0n) is 11.4. The molecule has 100 valence electrons. The Morgan fingerprint density at radius 2 is 2.00 bits per heavy atom. The summed E-state index contributed by atoms with van der Waals surface area (Å²) in [6, 6.07) is 10.3. The molecule has 0 atom stereocenters. The van der Waals surface area contributed by atoms with Gasteiger partial charge in [-0.05, 0) is 12.5 Å². The van der Waals surface area contributed by atoms with E-state index in [2.05, 4.69) is 55.0 Å². The van der Waals surface area contributed by atoms with Gasteiger partial charge in [-0.15, -0.1) is 11.8 Å². The molecule has 0 spiro atoms. The molecule has 1 aromatic heterocycles. The summed E-state index contributed by atoms with van der Waals surface area (Å²) in [4.78, 5) is 8.78. The molecule has 0 aliphatic rings. The number of thioether (sulfide) groups is 1. The first kappa shape index (κ1) is 14.4. The molecule has 0 unspecified atom stereocenters. The number of hydrogen-bond donors (Lipinski definition) is 0. The summed E-state index contributed by atoms with van der Waals surface area (Å²) < 4.78 is 0. The molecule has 0 saturated heterocycles. The highest BCUT2D eigenvalue weighted by atomic mass is 35.5. The summed E-state index contributed by atoms with van der Waals surface area (Å²) in [6.07, 6.45) is 0. The number of aromatic nitrogens is 2. The summed E-state index contributed by atoms with van der Waals surface area (Å²) >= 11 is 7.73. The highest BCUT2D eigenvalue weighted by molar-refractivity contribution is 7.98. The van der Waals surface area contributed by atoms with Crippen molar-refractivity contribution in [2.45, 2.75) is 37.5 Å². The molecular weight excluding hydrogens is 276 g/mol. The second-order valence-corrected chi connectivity index (χ2v) is 6.20. The minimum atomic E-state index is 0.289. The molecule has 1 aromatic carbocycles. The molecular formula is C15H17ClN2S. The van der Waals surface area contributed by atoms with Gasteiger partial charge in [-0.25, -0.2) is 9.97 Å². The van der Waals surface area contributed by atoms with E-state index in [0.29, 0.717) is 5.15 Å². The van der Waals surface area contributed by atoms with E-state index in [1.165, 1.54) is 11.1 Å². The highest BCUT2D eigenvalue weighted by Gasteiger charge is 2.07. The Morgan fingerprint density at radius 3 is 2.68 bits per heavy atom. The quantitative estimate of drug-likeness (QED) is 0.595. The molecule has 0 aliphatic heterocycles. The van der Waals surface area contributed by atoms with E-state index in [9.17, 15) is 0 Å². The molecule has 0 N–H and O–H groups in total. The lowest BCUT2D eigenvalue weighted by molar-refractivity contribution is 0.753. The maximum Gasteiger partial charge on any atom is 0.133 e. The normalized spacial score (nSPS) is 11.0. The lowest BCUT2D eigenvalue weighted by atomic mass is 10.2. The average Bonchev–Trinajstić information content (AvgIpc) is 2.36. The van der Waals surface area contributed by atoms with Crippen LogP contribution in [0.4, 0.5) is 0 Å². The Kier molecular flexibility index (Phi) is 4.83. The molecule has 4 heteroatoms. The summed E-state index contributed by atoms with van der Waals surface area (Å²) in [7, 11) is 0. The van der Waals surface area contributed by atoms with Gasteiger partial charge in [0, 0.05) is 17.7 Å². The van der Waals surface area contributed by atoms with Crippen LogP contribution in [0.1, 0.15) is 36.7 Å². The third-order valence-electron chi connectivity index (χ3n) is 2.67. The van der Waals surface area contributed by atoms with Crippen LogP contribution in [0.2, 0.25) is 5.15 Å². The second kappa shape index (κ2) is 6.40. The third-order valence-corrected chi connectivity index (χ3v) is 3.85. The molecule has 19 heavy (non-hydrogen) atoms. The zero-order valence-corrected chi connectivity index (χ0v) is 12.9. The molecule has 0 fully saturated rings. The van der Waals surface area contributed by atoms with E-state index < -0.39 is 0 Å². The van der Waals surface area contributed by atoms with Crippen LogP contribution in [0, 0.1) is 6.92 Å². The second-order valence-electron chi connectivity index (χ2n) is 4.82. The van der Waals surface area contributed by atoms with Gasteiger partial charge in [0.25, 0.3) is 0 Å². The van der Waals surface area contributed by atoms with Crippen LogP contribution in [0.5, 0.6) is 0 Å². The van der Waals surface area contributed by atoms with Crippen LogP contribution in [-0.2, 0) is 5.75 Å². The monoisotopic (exact) mass is 292 g/mol. The fourth-order valence-electron chi connectivity index (χ4n) is 1.71. The van der Waals surface area contributed by atoms with Gasteiger partial charge in [-0.2, -0.15) is 0 Å². The molecule has 0 radical (unpaired) electrons. The van der Waals surface area contributed by atoms with Gasteiger partial charge in [0.2, 0.25) is 0 Å². The highest BCUT2D eigenvalue weighted by Crippen LogP contribution is 2.25. The zero-order chi connectivity index (χ0) is 13.8. The van der Waals surface area contributed by atoms with Gasteiger partial charge in [-0.1, -0.05) is 55.3 Å². The van der Waals surface area contributed by atoms with Crippen molar-refractivity contribution in [3.63, 3.8) is 0 Å². The van der Waals surface area contributed by atoms with Crippen molar-refractivity contribution in [3.05, 3.63) is 52.4 Å². The van der Waals surface area contributed by atoms with Crippen molar-refractivity contribution in [1.29, 1.82) is 0 Å². The number of rotatable bonds is 4. The van der Waals surface area contributed by atoms with E-state index in [0.717, 1.165) is 16.6 Å². The van der Waals surface area contributed by atoms with Gasteiger partial charge >= 0.3 is 0 Å². The predicted molar refractivity (Wildman–Crippen MR) is 81.9 cm³/mol. The number of benzene rings is 1. The number of halogens is 1. The molecule has 2 rings (SSSR count). The van der Waals surface area contributed by atoms with Gasteiger partial charge in [0.1, 0.15) is 16.0 Å². The Morgan fingerprint density at radius 1 is 1.21 bits per heavy atom. The van der Waals surface area contributed by atoms with Crippen LogP contribution in [0.15, 0.2) is 35.4 Å². The third kappa shape index (κ3) is 4.22. The SMILES string of the molecule is Cc1cccc(CSc2cc(Cl)nc(C(C)C)n2)c1. The van der Waals surface area contributed by atoms with Gasteiger partial charge in [0.15, 0.2) is 0 Å². The van der Waals surface area contributed by atoms with Crippen molar-refractivity contribution in [3.8, 4) is 0 Å². The van der Waals surface area contributed by atoms with Crippen LogP contribution >= 0.6 is 23.4 Å². The van der Waals surface area contributed by atoms with E-state index in [1.54, 1.807) is 11.8 Å². The Labute approximate surface area is 123 Å². The summed E-state index contributed by atoms with van der Waals surface area (Å²) in [5.41, 5.74) is 2.58. The first-order valence-electron chi connectivity index (χ1n) is 6.27. The predicted octanol–water partition coefficient (Wildman–Crippen LogP) is 4.85. The fraction of sp³-hybridized carbons (Fsp3) is 0.333. The smallest absolute Gasteiger partial charge is 0.133 e. The van der Waals surface area contributed by atoms with Crippen molar-refractivity contribution in [2.75, 3.05) is 0 Å².